The molecule has 1 aliphatic heterocycles. The summed E-state index contributed by atoms with van der Waals surface area (Å²) in [5.41, 5.74) is 1.71. The zero-order valence-corrected chi connectivity index (χ0v) is 24.5. The van der Waals surface area contributed by atoms with Crippen LogP contribution in [0.1, 0.15) is 54.1 Å². The number of benzene rings is 3. The molecule has 1 aliphatic rings. The standard InChI is InChI=1S/C31H34ClN3O5S/c1-2-3-19-33-30(37)27(21-23-12-5-4-6-13-23)34(22-24-14-7-9-16-26(24)32)29(36)18-11-20-35-31(38)25-15-8-10-17-28(25)41(35,39)40/h4-10,12-17,27H,2-3,11,18-22H2,1H3,(H,33,37). The van der Waals surface area contributed by atoms with Crippen molar-refractivity contribution in [1.82, 2.24) is 14.5 Å². The summed E-state index contributed by atoms with van der Waals surface area (Å²) < 4.78 is 26.7. The van der Waals surface area contributed by atoms with Crippen LogP contribution in [0.15, 0.2) is 83.8 Å². The van der Waals surface area contributed by atoms with Crippen LogP contribution in [0.5, 0.6) is 0 Å². The second-order valence-corrected chi connectivity index (χ2v) is 12.2. The average molecular weight is 596 g/mol. The van der Waals surface area contributed by atoms with E-state index in [1.54, 1.807) is 24.3 Å². The Morgan fingerprint density at radius 1 is 0.951 bits per heavy atom. The third-order valence-electron chi connectivity index (χ3n) is 7.06. The summed E-state index contributed by atoms with van der Waals surface area (Å²) in [7, 11) is -3.97. The molecule has 0 radical (unpaired) electrons. The van der Waals surface area contributed by atoms with Crippen LogP contribution in [0, 0.1) is 0 Å². The van der Waals surface area contributed by atoms with Crippen molar-refractivity contribution in [2.24, 2.45) is 0 Å². The molecule has 0 saturated heterocycles. The second-order valence-electron chi connectivity index (χ2n) is 9.95. The first-order chi connectivity index (χ1) is 19.7. The van der Waals surface area contributed by atoms with Crippen LogP contribution in [0.4, 0.5) is 0 Å². The SMILES string of the molecule is CCCCNC(=O)C(Cc1ccccc1)N(Cc1ccccc1Cl)C(=O)CCCN1C(=O)c2ccccc2S1(=O)=O. The van der Waals surface area contributed by atoms with E-state index in [4.69, 9.17) is 11.6 Å². The highest BCUT2D eigenvalue weighted by molar-refractivity contribution is 7.90. The summed E-state index contributed by atoms with van der Waals surface area (Å²) in [6, 6.07) is 21.9. The first-order valence-corrected chi connectivity index (χ1v) is 15.6. The van der Waals surface area contributed by atoms with Gasteiger partial charge in [-0.15, -0.1) is 0 Å². The van der Waals surface area contributed by atoms with Gasteiger partial charge in [0, 0.05) is 37.5 Å². The van der Waals surface area contributed by atoms with Gasteiger partial charge in [-0.1, -0.05) is 85.6 Å². The van der Waals surface area contributed by atoms with Gasteiger partial charge in [-0.3, -0.25) is 14.4 Å². The van der Waals surface area contributed by atoms with E-state index in [1.807, 2.05) is 49.4 Å². The predicted molar refractivity (Wildman–Crippen MR) is 158 cm³/mol. The van der Waals surface area contributed by atoms with Crippen LogP contribution in [0.3, 0.4) is 0 Å². The van der Waals surface area contributed by atoms with E-state index in [2.05, 4.69) is 5.32 Å². The fourth-order valence-electron chi connectivity index (χ4n) is 4.84. The smallest absolute Gasteiger partial charge is 0.269 e. The van der Waals surface area contributed by atoms with Crippen molar-refractivity contribution in [3.8, 4) is 0 Å². The van der Waals surface area contributed by atoms with E-state index in [0.29, 0.717) is 23.6 Å². The monoisotopic (exact) mass is 595 g/mol. The Morgan fingerprint density at radius 2 is 1.63 bits per heavy atom. The van der Waals surface area contributed by atoms with E-state index >= 15 is 0 Å². The molecule has 8 nitrogen and oxygen atoms in total. The van der Waals surface area contributed by atoms with Gasteiger partial charge < -0.3 is 10.2 Å². The van der Waals surface area contributed by atoms with Gasteiger partial charge in [0.2, 0.25) is 11.8 Å². The minimum atomic E-state index is -3.97. The Bertz CT molecular complexity index is 1500. The number of hydrogen-bond donors (Lipinski definition) is 1. The van der Waals surface area contributed by atoms with Gasteiger partial charge in [0.15, 0.2) is 0 Å². The van der Waals surface area contributed by atoms with E-state index in [0.717, 1.165) is 22.7 Å². The number of sulfonamides is 1. The number of carbonyl (C=O) groups excluding carboxylic acids is 3. The molecule has 0 bridgehead atoms. The lowest BCUT2D eigenvalue weighted by atomic mass is 10.0. The lowest BCUT2D eigenvalue weighted by Crippen LogP contribution is -2.50. The summed E-state index contributed by atoms with van der Waals surface area (Å²) >= 11 is 6.45. The molecular weight excluding hydrogens is 562 g/mol. The zero-order chi connectivity index (χ0) is 29.4. The highest BCUT2D eigenvalue weighted by Crippen LogP contribution is 2.30. The maximum atomic E-state index is 13.8. The average Bonchev–Trinajstić information content (AvgIpc) is 3.16. The van der Waals surface area contributed by atoms with Gasteiger partial charge in [0.1, 0.15) is 10.9 Å². The Labute approximate surface area is 246 Å². The molecule has 0 aromatic heterocycles. The molecule has 3 aromatic rings. The van der Waals surface area contributed by atoms with E-state index in [1.165, 1.54) is 17.0 Å². The summed E-state index contributed by atoms with van der Waals surface area (Å²) in [5, 5.41) is 3.44. The van der Waals surface area contributed by atoms with Gasteiger partial charge >= 0.3 is 0 Å². The lowest BCUT2D eigenvalue weighted by Gasteiger charge is -2.32. The van der Waals surface area contributed by atoms with Gasteiger partial charge in [-0.05, 0) is 42.2 Å². The quantitative estimate of drug-likeness (QED) is 0.285. The number of nitrogens with zero attached hydrogens (tertiary/aromatic N) is 2. The van der Waals surface area contributed by atoms with Crippen molar-refractivity contribution in [2.75, 3.05) is 13.1 Å². The van der Waals surface area contributed by atoms with Crippen LogP contribution < -0.4 is 5.32 Å². The number of amides is 3. The molecule has 0 saturated carbocycles. The third-order valence-corrected chi connectivity index (χ3v) is 9.27. The van der Waals surface area contributed by atoms with Crippen LogP contribution in [-0.2, 0) is 32.6 Å². The molecule has 1 N–H and O–H groups in total. The van der Waals surface area contributed by atoms with Crippen molar-refractivity contribution in [2.45, 2.75) is 56.5 Å². The Morgan fingerprint density at radius 3 is 2.34 bits per heavy atom. The fourth-order valence-corrected chi connectivity index (χ4v) is 6.64. The first-order valence-electron chi connectivity index (χ1n) is 13.7. The van der Waals surface area contributed by atoms with E-state index < -0.39 is 22.0 Å². The normalized spacial score (nSPS) is 14.4. The van der Waals surface area contributed by atoms with Crippen LogP contribution in [0.25, 0.3) is 0 Å². The number of halogens is 1. The van der Waals surface area contributed by atoms with Gasteiger partial charge in [0.05, 0.1) is 5.56 Å². The molecule has 0 aliphatic carbocycles. The fraction of sp³-hybridized carbons (Fsp3) is 0.323. The Hall–Kier alpha value is -3.69. The highest BCUT2D eigenvalue weighted by Gasteiger charge is 2.40. The summed E-state index contributed by atoms with van der Waals surface area (Å²) in [6.07, 6.45) is 2.06. The number of unbranched alkanes of at least 4 members (excludes halogenated alkanes) is 1. The molecule has 41 heavy (non-hydrogen) atoms. The van der Waals surface area contributed by atoms with Gasteiger partial charge in [-0.25, -0.2) is 12.7 Å². The number of hydrogen-bond acceptors (Lipinski definition) is 5. The molecular formula is C31H34ClN3O5S. The van der Waals surface area contributed by atoms with Gasteiger partial charge in [-0.2, -0.15) is 0 Å². The minimum Gasteiger partial charge on any atom is -0.354 e. The highest BCUT2D eigenvalue weighted by atomic mass is 35.5. The molecule has 0 spiro atoms. The van der Waals surface area contributed by atoms with Crippen molar-refractivity contribution in [1.29, 1.82) is 0 Å². The molecule has 216 valence electrons. The predicted octanol–water partition coefficient (Wildman–Crippen LogP) is 4.82. The molecule has 3 amide bonds. The van der Waals surface area contributed by atoms with Crippen molar-refractivity contribution < 1.29 is 22.8 Å². The van der Waals surface area contributed by atoms with Crippen LogP contribution >= 0.6 is 11.6 Å². The van der Waals surface area contributed by atoms with E-state index in [9.17, 15) is 22.8 Å². The maximum absolute atomic E-state index is 13.8. The minimum absolute atomic E-state index is 0.0247. The molecule has 1 heterocycles. The maximum Gasteiger partial charge on any atom is 0.269 e. The number of fused-ring (bicyclic) bond motifs is 1. The third kappa shape index (κ3) is 7.15. The number of rotatable bonds is 13. The zero-order valence-electron chi connectivity index (χ0n) is 23.0. The topological polar surface area (TPSA) is 104 Å². The second kappa shape index (κ2) is 13.8. The van der Waals surface area contributed by atoms with Crippen molar-refractivity contribution in [3.63, 3.8) is 0 Å². The molecule has 0 fully saturated rings. The van der Waals surface area contributed by atoms with E-state index in [-0.39, 0.29) is 48.2 Å². The largest absolute Gasteiger partial charge is 0.354 e. The first kappa shape index (κ1) is 30.3. The van der Waals surface area contributed by atoms with Crippen molar-refractivity contribution >= 4 is 39.3 Å². The summed E-state index contributed by atoms with van der Waals surface area (Å²) in [6.45, 7) is 2.48. The lowest BCUT2D eigenvalue weighted by molar-refractivity contribution is -0.141. The van der Waals surface area contributed by atoms with Crippen LogP contribution in [-0.4, -0.2) is 54.5 Å². The summed E-state index contributed by atoms with van der Waals surface area (Å²) in [4.78, 5) is 41.6. The number of carbonyl (C=O) groups is 3. The molecule has 3 aromatic carbocycles. The van der Waals surface area contributed by atoms with Crippen molar-refractivity contribution in [3.05, 3.63) is 101 Å². The van der Waals surface area contributed by atoms with Gasteiger partial charge in [0.25, 0.3) is 15.9 Å². The Balaban J connectivity index is 1.56. The Kier molecular flexibility index (Phi) is 10.2. The molecule has 1 atom stereocenters. The molecule has 10 heteroatoms. The van der Waals surface area contributed by atoms with Crippen LogP contribution in [0.2, 0.25) is 5.02 Å². The number of nitrogens with one attached hydrogen (secondary N) is 1. The summed E-state index contributed by atoms with van der Waals surface area (Å²) in [5.74, 6) is -1.20. The molecule has 1 unspecified atom stereocenters. The molecule has 4 rings (SSSR count).